The predicted molar refractivity (Wildman–Crippen MR) is 93.2 cm³/mol. The van der Waals surface area contributed by atoms with Crippen LogP contribution in [0.25, 0.3) is 0 Å². The Hall–Kier alpha value is -2.45. The van der Waals surface area contributed by atoms with E-state index in [9.17, 15) is 5.11 Å². The van der Waals surface area contributed by atoms with Gasteiger partial charge in [-0.25, -0.2) is 0 Å². The minimum Gasteiger partial charge on any atom is -0.384 e. The van der Waals surface area contributed by atoms with Gasteiger partial charge in [0.15, 0.2) is 0 Å². The summed E-state index contributed by atoms with van der Waals surface area (Å²) in [5.41, 5.74) is 1.87. The Morgan fingerprint density at radius 1 is 0.870 bits per heavy atom. The molecule has 116 valence electrons. The molecule has 0 aliphatic rings. The maximum atomic E-state index is 11.6. The molecule has 3 aromatic rings. The molecule has 0 spiro atoms. The molecular weight excluding hydrogens is 282 g/mol. The number of aromatic nitrogens is 1. The van der Waals surface area contributed by atoms with Gasteiger partial charge in [0.25, 0.3) is 0 Å². The Kier molecular flexibility index (Phi) is 4.54. The highest BCUT2D eigenvalue weighted by Crippen LogP contribution is 2.43. The summed E-state index contributed by atoms with van der Waals surface area (Å²) in [5, 5.41) is 11.6. The first-order valence-corrected chi connectivity index (χ1v) is 7.99. The van der Waals surface area contributed by atoms with Crippen molar-refractivity contribution >= 4 is 0 Å². The molecule has 1 N–H and O–H groups in total. The van der Waals surface area contributed by atoms with Crippen LogP contribution in [0.15, 0.2) is 85.1 Å². The van der Waals surface area contributed by atoms with Crippen molar-refractivity contribution in [2.45, 2.75) is 24.9 Å². The Bertz CT molecular complexity index is 688. The van der Waals surface area contributed by atoms with Gasteiger partial charge in [-0.1, -0.05) is 73.7 Å². The van der Waals surface area contributed by atoms with Crippen LogP contribution in [-0.4, -0.2) is 10.1 Å². The third-order valence-corrected chi connectivity index (χ3v) is 4.41. The number of hydrogen-bond acceptors (Lipinski definition) is 2. The van der Waals surface area contributed by atoms with E-state index in [1.807, 2.05) is 73.7 Å². The molecule has 2 heteroatoms. The van der Waals surface area contributed by atoms with Crippen molar-refractivity contribution in [2.75, 3.05) is 0 Å². The highest BCUT2D eigenvalue weighted by molar-refractivity contribution is 5.37. The first-order valence-electron chi connectivity index (χ1n) is 7.99. The molecule has 2 atom stereocenters. The van der Waals surface area contributed by atoms with Crippen molar-refractivity contribution in [3.05, 3.63) is 102 Å². The van der Waals surface area contributed by atoms with E-state index in [1.54, 1.807) is 6.20 Å². The van der Waals surface area contributed by atoms with Crippen molar-refractivity contribution in [1.29, 1.82) is 0 Å². The lowest BCUT2D eigenvalue weighted by Crippen LogP contribution is -2.34. The third-order valence-electron chi connectivity index (χ3n) is 4.41. The van der Waals surface area contributed by atoms with Gasteiger partial charge in [0.05, 0.1) is 11.6 Å². The van der Waals surface area contributed by atoms with Crippen molar-refractivity contribution in [1.82, 2.24) is 4.98 Å². The molecule has 0 saturated carbocycles. The van der Waals surface area contributed by atoms with E-state index in [-0.39, 0.29) is 5.92 Å². The summed E-state index contributed by atoms with van der Waals surface area (Å²) in [6.45, 7) is 2.02. The van der Waals surface area contributed by atoms with Gasteiger partial charge in [0, 0.05) is 6.20 Å². The van der Waals surface area contributed by atoms with E-state index in [4.69, 9.17) is 0 Å². The largest absolute Gasteiger partial charge is 0.384 e. The van der Waals surface area contributed by atoms with Gasteiger partial charge in [0.2, 0.25) is 0 Å². The molecule has 2 nitrogen and oxygen atoms in total. The van der Waals surface area contributed by atoms with Gasteiger partial charge in [-0.05, 0) is 29.7 Å². The summed E-state index contributed by atoms with van der Waals surface area (Å²) < 4.78 is 0. The van der Waals surface area contributed by atoms with E-state index in [2.05, 4.69) is 17.1 Å². The third kappa shape index (κ3) is 3.03. The van der Waals surface area contributed by atoms with E-state index in [1.165, 1.54) is 0 Å². The first kappa shape index (κ1) is 15.4. The van der Waals surface area contributed by atoms with Crippen molar-refractivity contribution in [2.24, 2.45) is 0 Å². The predicted octanol–water partition coefficient (Wildman–Crippen LogP) is 4.51. The minimum absolute atomic E-state index is 0.211. The number of nitrogens with zero attached hydrogens (tertiary/aromatic N) is 1. The first-order chi connectivity index (χ1) is 11.3. The molecular formula is C21H21NO. The maximum Gasteiger partial charge on any atom is 0.102 e. The monoisotopic (exact) mass is 303 g/mol. The van der Waals surface area contributed by atoms with Crippen LogP contribution in [-0.2, 0) is 5.60 Å². The fourth-order valence-electron chi connectivity index (χ4n) is 3.19. The summed E-state index contributed by atoms with van der Waals surface area (Å²) in [6, 6.07) is 25.9. The van der Waals surface area contributed by atoms with Crippen molar-refractivity contribution < 1.29 is 5.11 Å². The van der Waals surface area contributed by atoms with E-state index in [0.717, 1.165) is 16.8 Å². The lowest BCUT2D eigenvalue weighted by molar-refractivity contribution is 0.0139. The van der Waals surface area contributed by atoms with Gasteiger partial charge < -0.3 is 5.11 Å². The standard InChI is InChI=1S/C21H21NO/c1-2-21(23,18-13-7-4-8-14-18)20(17-11-5-3-6-12-17)19-15-9-10-16-22-19/h3-16,20,23H,2H2,1H3/t20-,21+/m0/s1. The number of benzene rings is 2. The Balaban J connectivity index is 2.18. The Morgan fingerprint density at radius 2 is 1.48 bits per heavy atom. The minimum atomic E-state index is -1.00. The molecule has 2 aromatic carbocycles. The van der Waals surface area contributed by atoms with Gasteiger partial charge in [0.1, 0.15) is 5.60 Å². The molecule has 0 radical (unpaired) electrons. The topological polar surface area (TPSA) is 33.1 Å². The lowest BCUT2D eigenvalue weighted by atomic mass is 9.74. The van der Waals surface area contributed by atoms with Crippen LogP contribution >= 0.6 is 0 Å². The molecule has 3 rings (SSSR count). The summed E-state index contributed by atoms with van der Waals surface area (Å²) in [4.78, 5) is 4.54. The fraction of sp³-hybridized carbons (Fsp3) is 0.190. The smallest absolute Gasteiger partial charge is 0.102 e. The second-order valence-electron chi connectivity index (χ2n) is 5.74. The number of aliphatic hydroxyl groups is 1. The zero-order valence-electron chi connectivity index (χ0n) is 13.3. The normalized spacial score (nSPS) is 14.9. The molecule has 0 fully saturated rings. The molecule has 0 unspecified atom stereocenters. The van der Waals surface area contributed by atoms with Crippen LogP contribution in [0.1, 0.15) is 36.1 Å². The molecule has 0 saturated heterocycles. The van der Waals surface area contributed by atoms with Crippen LogP contribution < -0.4 is 0 Å². The highest BCUT2D eigenvalue weighted by atomic mass is 16.3. The second kappa shape index (κ2) is 6.76. The molecule has 1 aromatic heterocycles. The lowest BCUT2D eigenvalue weighted by Gasteiger charge is -2.36. The fourth-order valence-corrected chi connectivity index (χ4v) is 3.19. The van der Waals surface area contributed by atoms with Crippen LogP contribution in [0.3, 0.4) is 0 Å². The van der Waals surface area contributed by atoms with E-state index >= 15 is 0 Å². The number of pyridine rings is 1. The average molecular weight is 303 g/mol. The quantitative estimate of drug-likeness (QED) is 0.752. The summed E-state index contributed by atoms with van der Waals surface area (Å²) in [6.07, 6.45) is 2.39. The van der Waals surface area contributed by atoms with Crippen molar-refractivity contribution in [3.8, 4) is 0 Å². The zero-order chi connectivity index (χ0) is 16.1. The average Bonchev–Trinajstić information content (AvgIpc) is 2.64. The summed E-state index contributed by atoms with van der Waals surface area (Å²) >= 11 is 0. The number of hydrogen-bond donors (Lipinski definition) is 1. The number of rotatable bonds is 5. The van der Waals surface area contributed by atoms with Gasteiger partial charge in [-0.15, -0.1) is 0 Å². The molecule has 1 heterocycles. The van der Waals surface area contributed by atoms with E-state index < -0.39 is 5.60 Å². The summed E-state index contributed by atoms with van der Waals surface area (Å²) in [5.74, 6) is -0.211. The molecule has 0 bridgehead atoms. The SMILES string of the molecule is CC[C@@](O)(c1ccccc1)[C@@H](c1ccccc1)c1ccccn1. The molecule has 0 aliphatic carbocycles. The Morgan fingerprint density at radius 3 is 2.04 bits per heavy atom. The van der Waals surface area contributed by atoms with Crippen LogP contribution in [0.5, 0.6) is 0 Å². The second-order valence-corrected chi connectivity index (χ2v) is 5.74. The highest BCUT2D eigenvalue weighted by Gasteiger charge is 2.39. The van der Waals surface area contributed by atoms with Crippen LogP contribution in [0.2, 0.25) is 0 Å². The molecule has 0 aliphatic heterocycles. The van der Waals surface area contributed by atoms with Gasteiger partial charge in [-0.3, -0.25) is 4.98 Å². The maximum absolute atomic E-state index is 11.6. The molecule has 0 amide bonds. The zero-order valence-corrected chi connectivity index (χ0v) is 13.3. The summed E-state index contributed by atoms with van der Waals surface area (Å²) in [7, 11) is 0. The van der Waals surface area contributed by atoms with Crippen molar-refractivity contribution in [3.63, 3.8) is 0 Å². The Labute approximate surface area is 137 Å². The van der Waals surface area contributed by atoms with E-state index in [0.29, 0.717) is 6.42 Å². The van der Waals surface area contributed by atoms with Crippen LogP contribution in [0, 0.1) is 0 Å². The van der Waals surface area contributed by atoms with Gasteiger partial charge in [-0.2, -0.15) is 0 Å². The molecule has 23 heavy (non-hydrogen) atoms. The van der Waals surface area contributed by atoms with Gasteiger partial charge >= 0.3 is 0 Å². The van der Waals surface area contributed by atoms with Crippen LogP contribution in [0.4, 0.5) is 0 Å².